The quantitative estimate of drug-likeness (QED) is 0.812. The van der Waals surface area contributed by atoms with E-state index in [2.05, 4.69) is 20.6 Å². The first kappa shape index (κ1) is 13.8. The lowest BCUT2D eigenvalue weighted by Gasteiger charge is -2.14. The summed E-state index contributed by atoms with van der Waals surface area (Å²) in [5.41, 5.74) is 0.631. The fraction of sp³-hybridized carbons (Fsp3) is 0.571. The summed E-state index contributed by atoms with van der Waals surface area (Å²) in [4.78, 5) is 27.0. The van der Waals surface area contributed by atoms with Gasteiger partial charge >= 0.3 is 0 Å². The van der Waals surface area contributed by atoms with Crippen LogP contribution in [0.15, 0.2) is 11.0 Å². The largest absolute Gasteiger partial charge is 0.348 e. The van der Waals surface area contributed by atoms with E-state index in [0.29, 0.717) is 5.69 Å². The maximum absolute atomic E-state index is 12.4. The summed E-state index contributed by atoms with van der Waals surface area (Å²) in [7, 11) is 0. The van der Waals surface area contributed by atoms with Gasteiger partial charge in [0.1, 0.15) is 0 Å². The third-order valence-electron chi connectivity index (χ3n) is 3.94. The van der Waals surface area contributed by atoms with Gasteiger partial charge in [-0.1, -0.05) is 30.9 Å². The van der Waals surface area contributed by atoms with E-state index in [1.165, 1.54) is 17.4 Å². The number of carbonyl (C=O) groups excluding carboxylic acids is 1. The van der Waals surface area contributed by atoms with Crippen LogP contribution in [0.5, 0.6) is 0 Å². The predicted octanol–water partition coefficient (Wildman–Crippen LogP) is 1.18. The molecule has 0 bridgehead atoms. The fourth-order valence-corrected chi connectivity index (χ4v) is 2.88. The van der Waals surface area contributed by atoms with Crippen LogP contribution in [-0.2, 0) is 0 Å². The van der Waals surface area contributed by atoms with Crippen molar-refractivity contribution < 1.29 is 4.79 Å². The maximum Gasteiger partial charge on any atom is 0.276 e. The van der Waals surface area contributed by atoms with Gasteiger partial charge in [-0.05, 0) is 19.8 Å². The van der Waals surface area contributed by atoms with Gasteiger partial charge in [0.15, 0.2) is 11.2 Å². The lowest BCUT2D eigenvalue weighted by molar-refractivity contribution is 0.0930. The van der Waals surface area contributed by atoms with Gasteiger partial charge in [-0.15, -0.1) is 5.10 Å². The number of nitrogens with zero attached hydrogens (tertiary/aromatic N) is 3. The Balaban J connectivity index is 1.86. The van der Waals surface area contributed by atoms with E-state index in [9.17, 15) is 9.59 Å². The van der Waals surface area contributed by atoms with E-state index in [0.717, 1.165) is 25.7 Å². The lowest BCUT2D eigenvalue weighted by Crippen LogP contribution is -2.35. The van der Waals surface area contributed by atoms with Crippen molar-refractivity contribution in [2.24, 2.45) is 0 Å². The van der Waals surface area contributed by atoms with Gasteiger partial charge in [-0.2, -0.15) is 0 Å². The zero-order valence-corrected chi connectivity index (χ0v) is 12.1. The third-order valence-corrected chi connectivity index (χ3v) is 3.94. The van der Waals surface area contributed by atoms with Crippen molar-refractivity contribution in [3.05, 3.63) is 27.9 Å². The summed E-state index contributed by atoms with van der Waals surface area (Å²) in [5.74, 6) is -0.314. The summed E-state index contributed by atoms with van der Waals surface area (Å²) in [6, 6.07) is 0.168. The Morgan fingerprint density at radius 2 is 2.05 bits per heavy atom. The number of amides is 1. The Hall–Kier alpha value is -2.18. The minimum atomic E-state index is -0.342. The molecule has 7 nitrogen and oxygen atoms in total. The molecule has 0 spiro atoms. The standard InChI is InChI=1S/C14H19N5O2/c1-9-8-19-12(14(21)15-9)11(17-18-19)13(20)16-10-6-4-2-3-5-7-10/h8,10H,2-7H2,1H3,(H,15,21)(H,16,20). The number of aromatic amines is 1. The maximum atomic E-state index is 12.4. The van der Waals surface area contributed by atoms with Gasteiger partial charge in [0.25, 0.3) is 11.5 Å². The number of hydrogen-bond donors (Lipinski definition) is 2. The molecule has 0 saturated heterocycles. The Bertz CT molecular complexity index is 710. The van der Waals surface area contributed by atoms with E-state index >= 15 is 0 Å². The highest BCUT2D eigenvalue weighted by Gasteiger charge is 2.21. The molecule has 2 N–H and O–H groups in total. The molecule has 3 rings (SSSR count). The van der Waals surface area contributed by atoms with Crippen molar-refractivity contribution >= 4 is 11.4 Å². The lowest BCUT2D eigenvalue weighted by atomic mass is 10.1. The molecule has 112 valence electrons. The van der Waals surface area contributed by atoms with Crippen LogP contribution < -0.4 is 10.9 Å². The van der Waals surface area contributed by atoms with Crippen LogP contribution in [-0.4, -0.2) is 31.8 Å². The molecular formula is C14H19N5O2. The van der Waals surface area contributed by atoms with E-state index in [1.54, 1.807) is 13.1 Å². The van der Waals surface area contributed by atoms with Gasteiger partial charge in [-0.3, -0.25) is 9.59 Å². The van der Waals surface area contributed by atoms with Crippen LogP contribution in [0.4, 0.5) is 0 Å². The van der Waals surface area contributed by atoms with Crippen LogP contribution in [0.3, 0.4) is 0 Å². The first-order valence-corrected chi connectivity index (χ1v) is 7.41. The number of H-pyrrole nitrogens is 1. The molecule has 1 amide bonds. The molecule has 0 aliphatic heterocycles. The molecule has 1 saturated carbocycles. The highest BCUT2D eigenvalue weighted by Crippen LogP contribution is 2.17. The molecule has 21 heavy (non-hydrogen) atoms. The first-order valence-electron chi connectivity index (χ1n) is 7.41. The average Bonchev–Trinajstić information content (AvgIpc) is 2.69. The van der Waals surface area contributed by atoms with Gasteiger partial charge in [-0.25, -0.2) is 4.52 Å². The second kappa shape index (κ2) is 5.67. The zero-order valence-electron chi connectivity index (χ0n) is 12.1. The smallest absolute Gasteiger partial charge is 0.276 e. The molecule has 0 unspecified atom stereocenters. The van der Waals surface area contributed by atoms with Crippen LogP contribution in [0.2, 0.25) is 0 Å². The SMILES string of the molecule is Cc1cn2nnc(C(=O)NC3CCCCCC3)c2c(=O)[nH]1. The molecule has 1 aliphatic carbocycles. The summed E-state index contributed by atoms with van der Waals surface area (Å²) < 4.78 is 1.36. The highest BCUT2D eigenvalue weighted by atomic mass is 16.2. The zero-order chi connectivity index (χ0) is 14.8. The molecular weight excluding hydrogens is 270 g/mol. The third kappa shape index (κ3) is 2.81. The van der Waals surface area contributed by atoms with E-state index in [1.807, 2.05) is 0 Å². The predicted molar refractivity (Wildman–Crippen MR) is 77.3 cm³/mol. The molecule has 1 aliphatic rings. The van der Waals surface area contributed by atoms with Gasteiger partial charge in [0.05, 0.1) is 6.20 Å². The van der Waals surface area contributed by atoms with Crippen molar-refractivity contribution in [1.29, 1.82) is 0 Å². The Kier molecular flexibility index (Phi) is 3.72. The monoisotopic (exact) mass is 289 g/mol. The number of hydrogen-bond acceptors (Lipinski definition) is 4. The highest BCUT2D eigenvalue weighted by molar-refractivity contribution is 5.98. The molecule has 2 aromatic heterocycles. The van der Waals surface area contributed by atoms with Crippen molar-refractivity contribution in [2.75, 3.05) is 0 Å². The van der Waals surface area contributed by atoms with E-state index in [4.69, 9.17) is 0 Å². The van der Waals surface area contributed by atoms with Crippen LogP contribution in [0.1, 0.15) is 54.7 Å². The van der Waals surface area contributed by atoms with Crippen molar-refractivity contribution in [2.45, 2.75) is 51.5 Å². The molecule has 0 radical (unpaired) electrons. The number of nitrogens with one attached hydrogen (secondary N) is 2. The number of aromatic nitrogens is 4. The molecule has 2 aromatic rings. The molecule has 7 heteroatoms. The van der Waals surface area contributed by atoms with E-state index < -0.39 is 0 Å². The van der Waals surface area contributed by atoms with Gasteiger partial charge in [0.2, 0.25) is 0 Å². The second-order valence-electron chi connectivity index (χ2n) is 5.66. The average molecular weight is 289 g/mol. The Morgan fingerprint density at radius 3 is 2.76 bits per heavy atom. The van der Waals surface area contributed by atoms with Gasteiger partial charge < -0.3 is 10.3 Å². The fourth-order valence-electron chi connectivity index (χ4n) is 2.88. The number of carbonyl (C=O) groups is 1. The summed E-state index contributed by atoms with van der Waals surface area (Å²) in [5, 5.41) is 10.7. The van der Waals surface area contributed by atoms with Crippen molar-refractivity contribution in [3.63, 3.8) is 0 Å². The number of rotatable bonds is 2. The minimum absolute atomic E-state index is 0.0977. The molecule has 2 heterocycles. The minimum Gasteiger partial charge on any atom is -0.348 e. The van der Waals surface area contributed by atoms with E-state index in [-0.39, 0.29) is 28.7 Å². The van der Waals surface area contributed by atoms with Crippen LogP contribution >= 0.6 is 0 Å². The van der Waals surface area contributed by atoms with Gasteiger partial charge in [0, 0.05) is 11.7 Å². The summed E-state index contributed by atoms with van der Waals surface area (Å²) in [6.45, 7) is 1.76. The van der Waals surface area contributed by atoms with Crippen LogP contribution in [0, 0.1) is 6.92 Å². The molecule has 1 fully saturated rings. The topological polar surface area (TPSA) is 92.2 Å². The number of aryl methyl sites for hydroxylation is 1. The summed E-state index contributed by atoms with van der Waals surface area (Å²) >= 11 is 0. The number of fused-ring (bicyclic) bond motifs is 1. The molecule has 0 aromatic carbocycles. The summed E-state index contributed by atoms with van der Waals surface area (Å²) in [6.07, 6.45) is 8.33. The van der Waals surface area contributed by atoms with Crippen LogP contribution in [0.25, 0.3) is 5.52 Å². The Labute approximate surface area is 121 Å². The first-order chi connectivity index (χ1) is 10.1. The van der Waals surface area contributed by atoms with Crippen molar-refractivity contribution in [3.8, 4) is 0 Å². The second-order valence-corrected chi connectivity index (χ2v) is 5.66. The Morgan fingerprint density at radius 1 is 1.33 bits per heavy atom. The molecule has 0 atom stereocenters. The normalized spacial score (nSPS) is 16.8. The van der Waals surface area contributed by atoms with Crippen molar-refractivity contribution in [1.82, 2.24) is 25.1 Å².